The van der Waals surface area contributed by atoms with Gasteiger partial charge in [0.05, 0.1) is 32.4 Å². The van der Waals surface area contributed by atoms with Gasteiger partial charge >= 0.3 is 5.97 Å². The lowest BCUT2D eigenvalue weighted by Gasteiger charge is -2.06. The molecule has 0 aliphatic rings. The Kier molecular flexibility index (Phi) is 5.76. The van der Waals surface area contributed by atoms with Gasteiger partial charge in [0.2, 0.25) is 0 Å². The van der Waals surface area contributed by atoms with E-state index in [-0.39, 0.29) is 13.2 Å². The third-order valence-electron chi connectivity index (χ3n) is 3.55. The molecule has 1 amide bonds. The number of para-hydroxylation sites is 1. The van der Waals surface area contributed by atoms with Crippen molar-refractivity contribution in [3.8, 4) is 0 Å². The van der Waals surface area contributed by atoms with Crippen LogP contribution in [0.15, 0.2) is 47.5 Å². The predicted molar refractivity (Wildman–Crippen MR) is 103 cm³/mol. The van der Waals surface area contributed by atoms with Gasteiger partial charge in [-0.05, 0) is 31.2 Å². The molecule has 3 rings (SSSR count). The number of esters is 1. The Balaban J connectivity index is 2.15. The summed E-state index contributed by atoms with van der Waals surface area (Å²) >= 11 is 13.6. The first-order chi connectivity index (χ1) is 12.5. The van der Waals surface area contributed by atoms with Crippen molar-refractivity contribution in [3.05, 3.63) is 62.9 Å². The predicted octanol–water partition coefficient (Wildman–Crippen LogP) is 4.31. The number of hydrogen-bond acceptors (Lipinski definition) is 4. The minimum atomic E-state index is -0.490. The molecule has 0 radical (unpaired) electrons. The average molecular weight is 409 g/mol. The average Bonchev–Trinajstić information content (AvgIpc) is 2.94. The summed E-state index contributed by atoms with van der Waals surface area (Å²) in [5.74, 6) is -0.922. The van der Waals surface area contributed by atoms with Crippen molar-refractivity contribution < 1.29 is 14.3 Å². The summed E-state index contributed by atoms with van der Waals surface area (Å²) < 4.78 is 7.43. The van der Waals surface area contributed by atoms with Crippen LogP contribution in [-0.4, -0.2) is 23.1 Å². The smallest absolute Gasteiger partial charge is 0.326 e. The number of carbonyl (C=O) groups is 2. The number of amides is 1. The standard InChI is InChI=1S/C18H14Cl2N2O3S/c1-2-25-15(23)10-22-16-13(20)8-5-9-14(16)26-18(22)21-17(24)11-6-3-4-7-12(11)19/h3-9H,2,10H2,1H3. The Labute approximate surface area is 163 Å². The first kappa shape index (κ1) is 18.6. The lowest BCUT2D eigenvalue weighted by atomic mass is 10.2. The highest BCUT2D eigenvalue weighted by Gasteiger charge is 2.15. The summed E-state index contributed by atoms with van der Waals surface area (Å²) in [7, 11) is 0. The van der Waals surface area contributed by atoms with Gasteiger partial charge in [-0.25, -0.2) is 0 Å². The van der Waals surface area contributed by atoms with E-state index < -0.39 is 11.9 Å². The zero-order valence-corrected chi connectivity index (χ0v) is 16.1. The van der Waals surface area contributed by atoms with Gasteiger partial charge in [-0.2, -0.15) is 4.99 Å². The third kappa shape index (κ3) is 3.82. The van der Waals surface area contributed by atoms with E-state index in [9.17, 15) is 9.59 Å². The Morgan fingerprint density at radius 3 is 2.58 bits per heavy atom. The van der Waals surface area contributed by atoms with Gasteiger partial charge in [-0.3, -0.25) is 9.59 Å². The van der Waals surface area contributed by atoms with Crippen LogP contribution in [-0.2, 0) is 16.1 Å². The Morgan fingerprint density at radius 2 is 1.85 bits per heavy atom. The van der Waals surface area contributed by atoms with Crippen molar-refractivity contribution in [2.45, 2.75) is 13.5 Å². The van der Waals surface area contributed by atoms with Gasteiger partial charge in [0.1, 0.15) is 6.54 Å². The number of ether oxygens (including phenoxy) is 1. The van der Waals surface area contributed by atoms with Crippen molar-refractivity contribution in [2.75, 3.05) is 6.61 Å². The van der Waals surface area contributed by atoms with Crippen LogP contribution < -0.4 is 4.80 Å². The molecule has 0 aliphatic carbocycles. The molecular weight excluding hydrogens is 395 g/mol. The lowest BCUT2D eigenvalue weighted by Crippen LogP contribution is -2.23. The number of fused-ring (bicyclic) bond motifs is 1. The topological polar surface area (TPSA) is 60.7 Å². The number of nitrogens with zero attached hydrogens (tertiary/aromatic N) is 2. The fourth-order valence-corrected chi connectivity index (χ4v) is 4.04. The van der Waals surface area contributed by atoms with E-state index in [0.717, 1.165) is 4.70 Å². The van der Waals surface area contributed by atoms with E-state index in [1.165, 1.54) is 11.3 Å². The molecule has 1 aromatic heterocycles. The van der Waals surface area contributed by atoms with E-state index in [1.54, 1.807) is 47.9 Å². The minimum Gasteiger partial charge on any atom is -0.465 e. The molecule has 0 saturated heterocycles. The van der Waals surface area contributed by atoms with Gasteiger partial charge in [0.15, 0.2) is 4.80 Å². The first-order valence-corrected chi connectivity index (χ1v) is 9.35. The van der Waals surface area contributed by atoms with Crippen LogP contribution in [0.3, 0.4) is 0 Å². The highest BCUT2D eigenvalue weighted by Crippen LogP contribution is 2.25. The summed E-state index contributed by atoms with van der Waals surface area (Å²) in [6, 6.07) is 12.0. The molecule has 0 unspecified atom stereocenters. The maximum absolute atomic E-state index is 12.6. The summed E-state index contributed by atoms with van der Waals surface area (Å²) in [5, 5.41) is 0.784. The van der Waals surface area contributed by atoms with Gasteiger partial charge in [-0.1, -0.05) is 52.7 Å². The van der Waals surface area contributed by atoms with Crippen molar-refractivity contribution >= 4 is 56.6 Å². The van der Waals surface area contributed by atoms with Crippen LogP contribution in [0.25, 0.3) is 10.2 Å². The molecule has 134 valence electrons. The molecule has 0 spiro atoms. The molecule has 8 heteroatoms. The first-order valence-electron chi connectivity index (χ1n) is 7.78. The normalized spacial score (nSPS) is 11.7. The number of benzene rings is 2. The second kappa shape index (κ2) is 8.03. The Bertz CT molecular complexity index is 1060. The van der Waals surface area contributed by atoms with E-state index in [2.05, 4.69) is 4.99 Å². The maximum atomic E-state index is 12.6. The number of carbonyl (C=O) groups excluding carboxylic acids is 2. The van der Waals surface area contributed by atoms with Crippen LogP contribution in [0.1, 0.15) is 17.3 Å². The number of thiazole rings is 1. The van der Waals surface area contributed by atoms with E-state index in [4.69, 9.17) is 27.9 Å². The largest absolute Gasteiger partial charge is 0.465 e. The highest BCUT2D eigenvalue weighted by molar-refractivity contribution is 7.16. The van der Waals surface area contributed by atoms with Gasteiger partial charge in [0.25, 0.3) is 5.91 Å². The van der Waals surface area contributed by atoms with Crippen LogP contribution in [0.2, 0.25) is 10.0 Å². The number of aromatic nitrogens is 1. The molecule has 5 nitrogen and oxygen atoms in total. The molecule has 1 heterocycles. The molecule has 0 bridgehead atoms. The molecular formula is C18H14Cl2N2O3S. The second-order valence-electron chi connectivity index (χ2n) is 5.26. The molecule has 2 aromatic carbocycles. The minimum absolute atomic E-state index is 0.0911. The summed E-state index contributed by atoms with van der Waals surface area (Å²) in [6.07, 6.45) is 0. The van der Waals surface area contributed by atoms with Crippen LogP contribution >= 0.6 is 34.5 Å². The molecule has 26 heavy (non-hydrogen) atoms. The van der Waals surface area contributed by atoms with E-state index >= 15 is 0 Å². The highest BCUT2D eigenvalue weighted by atomic mass is 35.5. The van der Waals surface area contributed by atoms with E-state index in [1.807, 2.05) is 6.07 Å². The SMILES string of the molecule is CCOC(=O)Cn1c(=NC(=O)c2ccccc2Cl)sc2cccc(Cl)c21. The molecule has 0 fully saturated rings. The monoisotopic (exact) mass is 408 g/mol. The molecule has 0 N–H and O–H groups in total. The third-order valence-corrected chi connectivity index (χ3v) is 5.22. The fourth-order valence-electron chi connectivity index (χ4n) is 2.44. The number of rotatable bonds is 4. The number of halogens is 2. The number of hydrogen-bond donors (Lipinski definition) is 0. The van der Waals surface area contributed by atoms with Crippen molar-refractivity contribution in [2.24, 2.45) is 4.99 Å². The Morgan fingerprint density at radius 1 is 1.12 bits per heavy atom. The van der Waals surface area contributed by atoms with Crippen LogP contribution in [0.4, 0.5) is 0 Å². The molecule has 0 saturated carbocycles. The molecule has 0 atom stereocenters. The molecule has 3 aromatic rings. The quantitative estimate of drug-likeness (QED) is 0.604. The van der Waals surface area contributed by atoms with Gasteiger partial charge in [0, 0.05) is 0 Å². The van der Waals surface area contributed by atoms with Crippen molar-refractivity contribution in [1.82, 2.24) is 4.57 Å². The summed E-state index contributed by atoms with van der Waals surface area (Å²) in [5.41, 5.74) is 0.929. The van der Waals surface area contributed by atoms with Gasteiger partial charge in [-0.15, -0.1) is 0 Å². The second-order valence-corrected chi connectivity index (χ2v) is 7.08. The summed E-state index contributed by atoms with van der Waals surface area (Å²) in [4.78, 5) is 29.1. The fraction of sp³-hybridized carbons (Fsp3) is 0.167. The Hall–Kier alpha value is -2.15. The summed E-state index contributed by atoms with van der Waals surface area (Å²) in [6.45, 7) is 1.90. The zero-order chi connectivity index (χ0) is 18.7. The van der Waals surface area contributed by atoms with Crippen molar-refractivity contribution in [1.29, 1.82) is 0 Å². The lowest BCUT2D eigenvalue weighted by molar-refractivity contribution is -0.143. The van der Waals surface area contributed by atoms with Crippen LogP contribution in [0, 0.1) is 0 Å². The van der Waals surface area contributed by atoms with E-state index in [0.29, 0.717) is 25.9 Å². The zero-order valence-electron chi connectivity index (χ0n) is 13.7. The van der Waals surface area contributed by atoms with Crippen molar-refractivity contribution in [3.63, 3.8) is 0 Å². The maximum Gasteiger partial charge on any atom is 0.326 e. The van der Waals surface area contributed by atoms with Gasteiger partial charge < -0.3 is 9.30 Å². The van der Waals surface area contributed by atoms with Crippen LogP contribution in [0.5, 0.6) is 0 Å². The molecule has 0 aliphatic heterocycles.